The van der Waals surface area contributed by atoms with Gasteiger partial charge in [-0.2, -0.15) is 0 Å². The average molecular weight is 313 g/mol. The number of amides is 2. The Labute approximate surface area is 134 Å². The second kappa shape index (κ2) is 5.87. The van der Waals surface area contributed by atoms with E-state index in [-0.39, 0.29) is 24.3 Å². The number of nitrogens with one attached hydrogen (secondary N) is 1. The number of anilines is 1. The van der Waals surface area contributed by atoms with Crippen molar-refractivity contribution < 1.29 is 14.1 Å². The van der Waals surface area contributed by atoms with Crippen LogP contribution in [0.2, 0.25) is 0 Å². The number of aryl methyl sites for hydroxylation is 2. The van der Waals surface area contributed by atoms with Crippen molar-refractivity contribution in [3.05, 3.63) is 47.2 Å². The molecular formula is C17H19N3O3. The van der Waals surface area contributed by atoms with Gasteiger partial charge >= 0.3 is 0 Å². The summed E-state index contributed by atoms with van der Waals surface area (Å²) in [4.78, 5) is 26.3. The van der Waals surface area contributed by atoms with Crippen LogP contribution in [-0.2, 0) is 9.59 Å². The third kappa shape index (κ3) is 2.97. The van der Waals surface area contributed by atoms with Crippen LogP contribution in [0.5, 0.6) is 0 Å². The first-order valence-corrected chi connectivity index (χ1v) is 7.52. The molecule has 2 unspecified atom stereocenters. The van der Waals surface area contributed by atoms with Crippen LogP contribution in [0.4, 0.5) is 5.82 Å². The topological polar surface area (TPSA) is 75.4 Å². The maximum atomic E-state index is 12.6. The number of nitrogens with zero attached hydrogens (tertiary/aromatic N) is 2. The molecule has 1 fully saturated rings. The van der Waals surface area contributed by atoms with Gasteiger partial charge in [-0.25, -0.2) is 0 Å². The van der Waals surface area contributed by atoms with Gasteiger partial charge in [0, 0.05) is 19.5 Å². The summed E-state index contributed by atoms with van der Waals surface area (Å²) in [6.45, 7) is 3.76. The monoisotopic (exact) mass is 313 g/mol. The fourth-order valence-corrected chi connectivity index (χ4v) is 2.97. The SMILES string of the molecule is Cc1ccc(C2C(C(=O)Nc3cc(C)on3)CC(=O)N2C)cc1. The van der Waals surface area contributed by atoms with Gasteiger partial charge in [-0.3, -0.25) is 9.59 Å². The molecule has 1 aromatic heterocycles. The quantitative estimate of drug-likeness (QED) is 0.944. The third-order valence-corrected chi connectivity index (χ3v) is 4.22. The van der Waals surface area contributed by atoms with Gasteiger partial charge in [-0.15, -0.1) is 0 Å². The molecule has 0 aliphatic carbocycles. The van der Waals surface area contributed by atoms with E-state index in [2.05, 4.69) is 10.5 Å². The van der Waals surface area contributed by atoms with Crippen LogP contribution in [0, 0.1) is 19.8 Å². The first kappa shape index (κ1) is 15.3. The van der Waals surface area contributed by atoms with E-state index in [9.17, 15) is 9.59 Å². The van der Waals surface area contributed by atoms with Crippen LogP contribution in [0.15, 0.2) is 34.9 Å². The summed E-state index contributed by atoms with van der Waals surface area (Å²) in [6.07, 6.45) is 0.192. The summed E-state index contributed by atoms with van der Waals surface area (Å²) in [5.74, 6) is 0.285. The van der Waals surface area contributed by atoms with Gasteiger partial charge in [0.2, 0.25) is 11.8 Å². The largest absolute Gasteiger partial charge is 0.360 e. The standard InChI is InChI=1S/C17H19N3O3/c1-10-4-6-12(7-5-10)16-13(9-15(21)20(16)3)17(22)18-14-8-11(2)23-19-14/h4-8,13,16H,9H2,1-3H3,(H,18,19,22). The zero-order valence-electron chi connectivity index (χ0n) is 13.4. The summed E-state index contributed by atoms with van der Waals surface area (Å²) in [5, 5.41) is 6.50. The first-order chi connectivity index (χ1) is 11.0. The fourth-order valence-electron chi connectivity index (χ4n) is 2.97. The molecule has 3 rings (SSSR count). The molecule has 2 amide bonds. The van der Waals surface area contributed by atoms with E-state index >= 15 is 0 Å². The molecule has 23 heavy (non-hydrogen) atoms. The Bertz CT molecular complexity index is 736. The van der Waals surface area contributed by atoms with Crippen LogP contribution >= 0.6 is 0 Å². The van der Waals surface area contributed by atoms with Gasteiger partial charge < -0.3 is 14.7 Å². The molecule has 1 aliphatic rings. The van der Waals surface area contributed by atoms with Gasteiger partial charge in [0.1, 0.15) is 5.76 Å². The fraction of sp³-hybridized carbons (Fsp3) is 0.353. The molecule has 120 valence electrons. The Morgan fingerprint density at radius 3 is 2.61 bits per heavy atom. The smallest absolute Gasteiger partial charge is 0.231 e. The number of hydrogen-bond acceptors (Lipinski definition) is 4. The van der Waals surface area contributed by atoms with Gasteiger partial charge in [-0.05, 0) is 19.4 Å². The van der Waals surface area contributed by atoms with E-state index in [0.29, 0.717) is 11.6 Å². The van der Waals surface area contributed by atoms with Gasteiger partial charge in [-0.1, -0.05) is 35.0 Å². The van der Waals surface area contributed by atoms with Crippen molar-refractivity contribution in [3.8, 4) is 0 Å². The molecule has 2 heterocycles. The van der Waals surface area contributed by atoms with Crippen molar-refractivity contribution in [2.75, 3.05) is 12.4 Å². The molecule has 2 atom stereocenters. The van der Waals surface area contributed by atoms with Crippen LogP contribution in [-0.4, -0.2) is 28.9 Å². The summed E-state index contributed by atoms with van der Waals surface area (Å²) in [7, 11) is 1.74. The molecule has 2 aromatic rings. The molecule has 0 bridgehead atoms. The number of carbonyl (C=O) groups is 2. The number of benzene rings is 1. The molecule has 6 heteroatoms. The van der Waals surface area contributed by atoms with Crippen LogP contribution < -0.4 is 5.32 Å². The number of aromatic nitrogens is 1. The molecule has 0 spiro atoms. The van der Waals surface area contributed by atoms with Gasteiger partial charge in [0.05, 0.1) is 12.0 Å². The van der Waals surface area contributed by atoms with Crippen molar-refractivity contribution in [1.29, 1.82) is 0 Å². The van der Waals surface area contributed by atoms with Crippen LogP contribution in [0.3, 0.4) is 0 Å². The maximum absolute atomic E-state index is 12.6. The molecule has 1 aliphatic heterocycles. The Morgan fingerprint density at radius 1 is 1.30 bits per heavy atom. The summed E-state index contributed by atoms with van der Waals surface area (Å²) in [6, 6.07) is 9.30. The normalized spacial score (nSPS) is 20.8. The number of hydrogen-bond donors (Lipinski definition) is 1. The second-order valence-corrected chi connectivity index (χ2v) is 5.98. The van der Waals surface area contributed by atoms with Crippen molar-refractivity contribution in [2.24, 2.45) is 5.92 Å². The van der Waals surface area contributed by atoms with Gasteiger partial charge in [0.15, 0.2) is 5.82 Å². The average Bonchev–Trinajstić information content (AvgIpc) is 3.05. The minimum atomic E-state index is -0.452. The highest BCUT2D eigenvalue weighted by Gasteiger charge is 2.42. The van der Waals surface area contributed by atoms with E-state index in [1.165, 1.54) is 0 Å². The molecule has 0 radical (unpaired) electrons. The predicted octanol–water partition coefficient (Wildman–Crippen LogP) is 2.45. The maximum Gasteiger partial charge on any atom is 0.231 e. The van der Waals surface area contributed by atoms with E-state index < -0.39 is 5.92 Å². The Kier molecular flexibility index (Phi) is 3.90. The molecule has 1 saturated heterocycles. The second-order valence-electron chi connectivity index (χ2n) is 5.98. The molecule has 1 aromatic carbocycles. The lowest BCUT2D eigenvalue weighted by molar-refractivity contribution is -0.127. The van der Waals surface area contributed by atoms with Crippen molar-refractivity contribution in [1.82, 2.24) is 10.1 Å². The van der Waals surface area contributed by atoms with E-state index in [4.69, 9.17) is 4.52 Å². The van der Waals surface area contributed by atoms with Crippen molar-refractivity contribution in [2.45, 2.75) is 26.3 Å². The van der Waals surface area contributed by atoms with Crippen molar-refractivity contribution in [3.63, 3.8) is 0 Å². The number of carbonyl (C=O) groups excluding carboxylic acids is 2. The first-order valence-electron chi connectivity index (χ1n) is 7.52. The zero-order chi connectivity index (χ0) is 16.6. The number of likely N-dealkylation sites (tertiary alicyclic amines) is 1. The van der Waals surface area contributed by atoms with E-state index in [1.54, 1.807) is 24.9 Å². The number of rotatable bonds is 3. The molecule has 1 N–H and O–H groups in total. The Morgan fingerprint density at radius 2 is 2.00 bits per heavy atom. The van der Waals surface area contributed by atoms with Crippen molar-refractivity contribution >= 4 is 17.6 Å². The molecule has 0 saturated carbocycles. The predicted molar refractivity (Wildman–Crippen MR) is 84.7 cm³/mol. The van der Waals surface area contributed by atoms with Crippen LogP contribution in [0.25, 0.3) is 0 Å². The van der Waals surface area contributed by atoms with E-state index in [1.807, 2.05) is 31.2 Å². The lowest BCUT2D eigenvalue weighted by Crippen LogP contribution is -2.30. The summed E-state index contributed by atoms with van der Waals surface area (Å²) >= 11 is 0. The highest BCUT2D eigenvalue weighted by atomic mass is 16.5. The van der Waals surface area contributed by atoms with Crippen LogP contribution in [0.1, 0.15) is 29.3 Å². The summed E-state index contributed by atoms with van der Waals surface area (Å²) in [5.41, 5.74) is 2.10. The zero-order valence-corrected chi connectivity index (χ0v) is 13.4. The van der Waals surface area contributed by atoms with Gasteiger partial charge in [0.25, 0.3) is 0 Å². The molecular weight excluding hydrogens is 294 g/mol. The minimum Gasteiger partial charge on any atom is -0.360 e. The summed E-state index contributed by atoms with van der Waals surface area (Å²) < 4.78 is 4.95. The molecule has 6 nitrogen and oxygen atoms in total. The Hall–Kier alpha value is -2.63. The Balaban J connectivity index is 1.85. The van der Waals surface area contributed by atoms with E-state index in [0.717, 1.165) is 11.1 Å². The minimum absolute atomic E-state index is 0.0351. The lowest BCUT2D eigenvalue weighted by atomic mass is 9.92. The highest BCUT2D eigenvalue weighted by Crippen LogP contribution is 2.37. The highest BCUT2D eigenvalue weighted by molar-refractivity contribution is 5.97. The lowest BCUT2D eigenvalue weighted by Gasteiger charge is -2.24. The third-order valence-electron chi connectivity index (χ3n) is 4.22.